The maximum atomic E-state index is 15.1. The van der Waals surface area contributed by atoms with E-state index in [1.807, 2.05) is 35.2 Å². The summed E-state index contributed by atoms with van der Waals surface area (Å²) in [7, 11) is 0. The number of benzodiazepines with no additional fused rings is 1. The number of para-hydroxylation sites is 1. The fraction of sp³-hybridized carbons (Fsp3) is 0.333. The smallest absolute Gasteiger partial charge is 0.409 e. The second-order valence-corrected chi connectivity index (χ2v) is 11.2. The van der Waals surface area contributed by atoms with Crippen molar-refractivity contribution < 1.29 is 23.5 Å². The third-order valence-corrected chi connectivity index (χ3v) is 8.37. The third kappa shape index (κ3) is 5.91. The van der Waals surface area contributed by atoms with E-state index in [1.165, 1.54) is 11.0 Å². The molecule has 1 saturated carbocycles. The third-order valence-electron chi connectivity index (χ3n) is 8.37. The average molecular weight is 569 g/mol. The van der Waals surface area contributed by atoms with Crippen LogP contribution in [-0.4, -0.2) is 54.3 Å². The first-order valence-electron chi connectivity index (χ1n) is 14.4. The number of fused-ring (bicyclic) bond motifs is 5. The van der Waals surface area contributed by atoms with Crippen LogP contribution in [0.2, 0.25) is 0 Å². The SMILES string of the molecule is O=C(NC1N=C(c2ccccc2F)c2ccccc2N(CC(=O)N2CC3CCC(CC3)C2)C1=O)OCc1ccccc1. The van der Waals surface area contributed by atoms with Gasteiger partial charge in [-0.2, -0.15) is 0 Å². The second kappa shape index (κ2) is 12.1. The van der Waals surface area contributed by atoms with Gasteiger partial charge in [0.05, 0.1) is 11.4 Å². The number of nitrogens with zero attached hydrogens (tertiary/aromatic N) is 3. The Hall–Kier alpha value is -4.53. The summed E-state index contributed by atoms with van der Waals surface area (Å²) in [5, 5.41) is 2.56. The minimum atomic E-state index is -1.44. The van der Waals surface area contributed by atoms with Crippen molar-refractivity contribution in [2.75, 3.05) is 24.5 Å². The van der Waals surface area contributed by atoms with Crippen molar-refractivity contribution in [3.63, 3.8) is 0 Å². The van der Waals surface area contributed by atoms with Gasteiger partial charge in [-0.3, -0.25) is 19.8 Å². The van der Waals surface area contributed by atoms with Crippen LogP contribution in [-0.2, 0) is 20.9 Å². The van der Waals surface area contributed by atoms with E-state index in [2.05, 4.69) is 10.3 Å². The Balaban J connectivity index is 1.32. The van der Waals surface area contributed by atoms with Gasteiger partial charge in [0.15, 0.2) is 0 Å². The summed E-state index contributed by atoms with van der Waals surface area (Å²) in [4.78, 5) is 48.5. The highest BCUT2D eigenvalue weighted by atomic mass is 19.1. The van der Waals surface area contributed by atoms with Crippen molar-refractivity contribution in [3.05, 3.63) is 101 Å². The summed E-state index contributed by atoms with van der Waals surface area (Å²) >= 11 is 0. The van der Waals surface area contributed by atoms with Gasteiger partial charge in [-0.05, 0) is 61.3 Å². The normalized spacial score (nSPS) is 21.6. The summed E-state index contributed by atoms with van der Waals surface area (Å²) in [5.41, 5.74) is 2.08. The molecule has 216 valence electrons. The minimum absolute atomic E-state index is 0.00279. The minimum Gasteiger partial charge on any atom is -0.445 e. The quantitative estimate of drug-likeness (QED) is 0.458. The molecule has 0 radical (unpaired) electrons. The number of nitrogens with one attached hydrogen (secondary N) is 1. The average Bonchev–Trinajstić information content (AvgIpc) is 3.40. The van der Waals surface area contributed by atoms with Gasteiger partial charge in [-0.25, -0.2) is 14.2 Å². The molecule has 0 spiro atoms. The molecule has 1 unspecified atom stereocenters. The van der Waals surface area contributed by atoms with Gasteiger partial charge in [-0.15, -0.1) is 0 Å². The van der Waals surface area contributed by atoms with Crippen LogP contribution in [0.5, 0.6) is 0 Å². The molecule has 2 bridgehead atoms. The lowest BCUT2D eigenvalue weighted by Gasteiger charge is -2.29. The molecule has 3 fully saturated rings. The molecule has 3 heterocycles. The van der Waals surface area contributed by atoms with E-state index < -0.39 is 24.0 Å². The summed E-state index contributed by atoms with van der Waals surface area (Å²) in [6.45, 7) is 1.15. The molecule has 3 aliphatic heterocycles. The van der Waals surface area contributed by atoms with Gasteiger partial charge >= 0.3 is 6.09 Å². The number of alkyl carbamates (subject to hydrolysis) is 1. The second-order valence-electron chi connectivity index (χ2n) is 11.2. The van der Waals surface area contributed by atoms with Crippen molar-refractivity contribution in [3.8, 4) is 0 Å². The largest absolute Gasteiger partial charge is 0.445 e. The molecule has 3 aromatic carbocycles. The number of benzene rings is 3. The number of amides is 3. The van der Waals surface area contributed by atoms with E-state index in [-0.39, 0.29) is 30.3 Å². The zero-order valence-corrected chi connectivity index (χ0v) is 23.2. The van der Waals surface area contributed by atoms with Gasteiger partial charge in [0.1, 0.15) is 19.0 Å². The standard InChI is InChI=1S/C33H33FN4O4/c34-27-12-6-4-10-25(27)30-26-11-5-7-13-28(26)38(20-29(39)37-18-22-14-15-23(19-37)17-16-22)32(40)31(35-30)36-33(41)42-21-24-8-2-1-3-9-24/h1-13,22-23,31H,14-21H2,(H,36,41). The van der Waals surface area contributed by atoms with Crippen LogP contribution in [0, 0.1) is 17.7 Å². The van der Waals surface area contributed by atoms with Crippen LogP contribution in [0.1, 0.15) is 42.4 Å². The fourth-order valence-corrected chi connectivity index (χ4v) is 6.16. The molecule has 42 heavy (non-hydrogen) atoms. The predicted molar refractivity (Wildman–Crippen MR) is 156 cm³/mol. The number of ether oxygens (including phenoxy) is 1. The van der Waals surface area contributed by atoms with Crippen molar-refractivity contribution in [2.24, 2.45) is 16.8 Å². The molecule has 2 saturated heterocycles. The van der Waals surface area contributed by atoms with E-state index in [1.54, 1.807) is 42.5 Å². The molecule has 1 atom stereocenters. The predicted octanol–water partition coefficient (Wildman–Crippen LogP) is 4.91. The van der Waals surface area contributed by atoms with Crippen molar-refractivity contribution in [1.29, 1.82) is 0 Å². The Kier molecular flexibility index (Phi) is 7.99. The van der Waals surface area contributed by atoms with Crippen molar-refractivity contribution >= 4 is 29.3 Å². The van der Waals surface area contributed by atoms with E-state index in [0.29, 0.717) is 36.2 Å². The summed E-state index contributed by atoms with van der Waals surface area (Å²) in [5.74, 6) is -0.323. The van der Waals surface area contributed by atoms with E-state index in [9.17, 15) is 14.4 Å². The lowest BCUT2D eigenvalue weighted by Crippen LogP contribution is -2.51. The Morgan fingerprint density at radius 1 is 0.857 bits per heavy atom. The van der Waals surface area contributed by atoms with Crippen molar-refractivity contribution in [2.45, 2.75) is 38.5 Å². The first-order valence-corrected chi connectivity index (χ1v) is 14.4. The zero-order chi connectivity index (χ0) is 29.1. The number of aliphatic imine (C=N–C) groups is 1. The van der Waals surface area contributed by atoms with Crippen LogP contribution < -0.4 is 10.2 Å². The molecule has 3 aromatic rings. The molecule has 0 aromatic heterocycles. The molecule has 7 rings (SSSR count). The lowest BCUT2D eigenvalue weighted by molar-refractivity contribution is -0.132. The molecule has 4 aliphatic rings. The number of rotatable bonds is 6. The Bertz CT molecular complexity index is 1490. The molecule has 1 N–H and O–H groups in total. The van der Waals surface area contributed by atoms with Crippen LogP contribution in [0.25, 0.3) is 0 Å². The highest BCUT2D eigenvalue weighted by Gasteiger charge is 2.37. The highest BCUT2D eigenvalue weighted by Crippen LogP contribution is 2.34. The lowest BCUT2D eigenvalue weighted by atomic mass is 9.84. The molecule has 1 aliphatic carbocycles. The zero-order valence-electron chi connectivity index (χ0n) is 23.2. The number of hydrogen-bond donors (Lipinski definition) is 1. The first-order chi connectivity index (χ1) is 20.5. The van der Waals surface area contributed by atoms with Gasteiger partial charge < -0.3 is 9.64 Å². The van der Waals surface area contributed by atoms with Crippen LogP contribution in [0.3, 0.4) is 0 Å². The molecule has 8 nitrogen and oxygen atoms in total. The summed E-state index contributed by atoms with van der Waals surface area (Å²) in [6, 6.07) is 22.3. The number of hydrogen-bond acceptors (Lipinski definition) is 5. The monoisotopic (exact) mass is 568 g/mol. The molecular formula is C33H33FN4O4. The first kappa shape index (κ1) is 27.6. The van der Waals surface area contributed by atoms with Gasteiger partial charge in [-0.1, -0.05) is 60.7 Å². The molecule has 9 heteroatoms. The van der Waals surface area contributed by atoms with Gasteiger partial charge in [0, 0.05) is 24.2 Å². The fourth-order valence-electron chi connectivity index (χ4n) is 6.16. The van der Waals surface area contributed by atoms with Gasteiger partial charge in [0.2, 0.25) is 12.1 Å². The maximum Gasteiger partial charge on any atom is 0.409 e. The summed E-state index contributed by atoms with van der Waals surface area (Å²) in [6.07, 6.45) is 2.19. The number of anilines is 1. The molecule has 3 amide bonds. The Labute approximate surface area is 244 Å². The number of carbonyl (C=O) groups is 3. The van der Waals surface area contributed by atoms with Crippen LogP contribution in [0.4, 0.5) is 14.9 Å². The van der Waals surface area contributed by atoms with E-state index >= 15 is 4.39 Å². The number of halogens is 1. The van der Waals surface area contributed by atoms with E-state index in [4.69, 9.17) is 4.74 Å². The highest BCUT2D eigenvalue weighted by molar-refractivity contribution is 6.21. The Morgan fingerprint density at radius 2 is 1.48 bits per heavy atom. The van der Waals surface area contributed by atoms with Gasteiger partial charge in [0.25, 0.3) is 5.91 Å². The Morgan fingerprint density at radius 3 is 2.17 bits per heavy atom. The van der Waals surface area contributed by atoms with Crippen LogP contribution in [0.15, 0.2) is 83.9 Å². The van der Waals surface area contributed by atoms with Crippen molar-refractivity contribution in [1.82, 2.24) is 10.2 Å². The van der Waals surface area contributed by atoms with E-state index in [0.717, 1.165) is 31.2 Å². The summed E-state index contributed by atoms with van der Waals surface area (Å²) < 4.78 is 20.5. The molecular weight excluding hydrogens is 535 g/mol. The number of carbonyl (C=O) groups excluding carboxylic acids is 3. The van der Waals surface area contributed by atoms with Crippen LogP contribution >= 0.6 is 0 Å². The topological polar surface area (TPSA) is 91.3 Å². The maximum absolute atomic E-state index is 15.1.